The molecule has 0 bridgehead atoms. The molecule has 0 atom stereocenters. The number of ether oxygens (including phenoxy) is 1. The van der Waals surface area contributed by atoms with E-state index in [1.165, 1.54) is 31.4 Å². The molecule has 0 saturated heterocycles. The van der Waals surface area contributed by atoms with Gasteiger partial charge in [-0.15, -0.1) is 0 Å². The fourth-order valence-corrected chi connectivity index (χ4v) is 2.29. The monoisotopic (exact) mass is 372 g/mol. The summed E-state index contributed by atoms with van der Waals surface area (Å²) in [7, 11) is 1.29. The summed E-state index contributed by atoms with van der Waals surface area (Å²) in [6.45, 7) is 6.95. The number of hydrogen-bond donors (Lipinski definition) is 2. The molecule has 0 saturated carbocycles. The normalized spacial score (nSPS) is 10.6. The minimum Gasteiger partial charge on any atom is -0.465 e. The fourth-order valence-electron chi connectivity index (χ4n) is 2.29. The third-order valence-electron chi connectivity index (χ3n) is 3.79. The average Bonchev–Trinajstić information content (AvgIpc) is 3.08. The van der Waals surface area contributed by atoms with Crippen molar-refractivity contribution < 1.29 is 19.1 Å². The largest absolute Gasteiger partial charge is 0.465 e. The van der Waals surface area contributed by atoms with Gasteiger partial charge in [-0.25, -0.2) is 4.79 Å². The molecule has 2 aromatic rings. The number of amides is 2. The predicted molar refractivity (Wildman–Crippen MR) is 101 cm³/mol. The molecule has 0 fully saturated rings. The van der Waals surface area contributed by atoms with Crippen LogP contribution in [0.25, 0.3) is 0 Å². The van der Waals surface area contributed by atoms with Crippen molar-refractivity contribution in [2.75, 3.05) is 19.0 Å². The van der Waals surface area contributed by atoms with E-state index in [9.17, 15) is 14.4 Å². The summed E-state index contributed by atoms with van der Waals surface area (Å²) in [6.07, 6.45) is 1.62. The summed E-state index contributed by atoms with van der Waals surface area (Å²) in [5.41, 5.74) is 1.19. The van der Waals surface area contributed by atoms with Crippen LogP contribution in [0.15, 0.2) is 30.5 Å². The van der Waals surface area contributed by atoms with E-state index in [0.29, 0.717) is 35.8 Å². The average molecular weight is 372 g/mol. The van der Waals surface area contributed by atoms with Crippen molar-refractivity contribution in [3.8, 4) is 0 Å². The van der Waals surface area contributed by atoms with E-state index in [0.717, 1.165) is 0 Å². The first kappa shape index (κ1) is 20.2. The van der Waals surface area contributed by atoms with E-state index in [2.05, 4.69) is 20.5 Å². The summed E-state index contributed by atoms with van der Waals surface area (Å²) < 4.78 is 6.22. The van der Waals surface area contributed by atoms with Crippen molar-refractivity contribution in [2.24, 2.45) is 5.92 Å². The standard InChI is InChI=1S/C19H24N4O4/c1-5-23-11-15(16(22-23)18(25)20-10-12(2)3)21-17(24)13-6-8-14(9-7-13)19(26)27-4/h6-9,11-12H,5,10H2,1-4H3,(H,20,25)(H,21,24). The number of carbonyl (C=O) groups is 3. The van der Waals surface area contributed by atoms with Crippen LogP contribution in [0.3, 0.4) is 0 Å². The predicted octanol–water partition coefficient (Wildman–Crippen LogP) is 2.33. The lowest BCUT2D eigenvalue weighted by atomic mass is 10.1. The zero-order valence-electron chi connectivity index (χ0n) is 15.9. The van der Waals surface area contributed by atoms with Gasteiger partial charge >= 0.3 is 5.97 Å². The number of aryl methyl sites for hydroxylation is 1. The van der Waals surface area contributed by atoms with Gasteiger partial charge in [-0.3, -0.25) is 14.3 Å². The number of hydrogen-bond acceptors (Lipinski definition) is 5. The van der Waals surface area contributed by atoms with Gasteiger partial charge in [-0.05, 0) is 37.1 Å². The van der Waals surface area contributed by atoms with Crippen molar-refractivity contribution in [1.82, 2.24) is 15.1 Å². The first-order chi connectivity index (χ1) is 12.8. The molecule has 0 radical (unpaired) electrons. The minimum atomic E-state index is -0.477. The van der Waals surface area contributed by atoms with E-state index >= 15 is 0 Å². The fraction of sp³-hybridized carbons (Fsp3) is 0.368. The van der Waals surface area contributed by atoms with Crippen LogP contribution < -0.4 is 10.6 Å². The summed E-state index contributed by atoms with van der Waals surface area (Å²) in [6, 6.07) is 6.05. The van der Waals surface area contributed by atoms with Crippen LogP contribution in [-0.2, 0) is 11.3 Å². The molecule has 1 heterocycles. The lowest BCUT2D eigenvalue weighted by molar-refractivity contribution is 0.0600. The highest BCUT2D eigenvalue weighted by Crippen LogP contribution is 2.16. The molecule has 1 aromatic carbocycles. The molecule has 1 aromatic heterocycles. The summed E-state index contributed by atoms with van der Waals surface area (Å²) >= 11 is 0. The summed E-state index contributed by atoms with van der Waals surface area (Å²) in [4.78, 5) is 36.4. The van der Waals surface area contributed by atoms with Gasteiger partial charge in [0.2, 0.25) is 0 Å². The zero-order valence-corrected chi connectivity index (χ0v) is 15.9. The number of rotatable bonds is 7. The molecule has 0 aliphatic rings. The van der Waals surface area contributed by atoms with Crippen molar-refractivity contribution in [2.45, 2.75) is 27.3 Å². The second-order valence-electron chi connectivity index (χ2n) is 6.37. The number of nitrogens with zero attached hydrogens (tertiary/aromatic N) is 2. The first-order valence-corrected chi connectivity index (χ1v) is 8.71. The van der Waals surface area contributed by atoms with Gasteiger partial charge in [0.15, 0.2) is 5.69 Å². The lowest BCUT2D eigenvalue weighted by Crippen LogP contribution is -2.28. The minimum absolute atomic E-state index is 0.164. The molecule has 2 N–H and O–H groups in total. The number of carbonyl (C=O) groups excluding carboxylic acids is 3. The Labute approximate surface area is 157 Å². The van der Waals surface area contributed by atoms with Crippen LogP contribution in [0.4, 0.5) is 5.69 Å². The quantitative estimate of drug-likeness (QED) is 0.726. The van der Waals surface area contributed by atoms with Gasteiger partial charge in [0.05, 0.1) is 18.4 Å². The van der Waals surface area contributed by atoms with Gasteiger partial charge in [0.1, 0.15) is 0 Å². The molecule has 144 valence electrons. The highest BCUT2D eigenvalue weighted by atomic mass is 16.5. The highest BCUT2D eigenvalue weighted by Gasteiger charge is 2.19. The molecule has 8 heteroatoms. The molecule has 0 spiro atoms. The third-order valence-corrected chi connectivity index (χ3v) is 3.79. The summed E-state index contributed by atoms with van der Waals surface area (Å²) in [5, 5.41) is 9.74. The number of benzene rings is 1. The van der Waals surface area contributed by atoms with Gasteiger partial charge in [-0.2, -0.15) is 5.10 Å². The Balaban J connectivity index is 2.18. The zero-order chi connectivity index (χ0) is 20.0. The summed E-state index contributed by atoms with van der Waals surface area (Å²) in [5.74, 6) is -0.920. The van der Waals surface area contributed by atoms with Crippen LogP contribution in [0.5, 0.6) is 0 Å². The molecule has 0 aliphatic heterocycles. The van der Waals surface area contributed by atoms with Gasteiger partial charge in [0, 0.05) is 24.8 Å². The van der Waals surface area contributed by atoms with Gasteiger partial charge in [0.25, 0.3) is 11.8 Å². The van der Waals surface area contributed by atoms with Gasteiger partial charge < -0.3 is 15.4 Å². The molecule has 2 rings (SSSR count). The van der Waals surface area contributed by atoms with E-state index in [1.807, 2.05) is 20.8 Å². The van der Waals surface area contributed by atoms with Crippen LogP contribution >= 0.6 is 0 Å². The Bertz CT molecular complexity index is 825. The molecule has 8 nitrogen and oxygen atoms in total. The van der Waals surface area contributed by atoms with E-state index in [4.69, 9.17) is 0 Å². The Morgan fingerprint density at radius 2 is 1.74 bits per heavy atom. The maximum absolute atomic E-state index is 12.5. The Kier molecular flexibility index (Phi) is 6.70. The van der Waals surface area contributed by atoms with Crippen molar-refractivity contribution in [1.29, 1.82) is 0 Å². The second-order valence-corrected chi connectivity index (χ2v) is 6.37. The van der Waals surface area contributed by atoms with Crippen molar-refractivity contribution in [3.63, 3.8) is 0 Å². The van der Waals surface area contributed by atoms with Crippen LogP contribution in [0.1, 0.15) is 52.0 Å². The molecule has 27 heavy (non-hydrogen) atoms. The molecule has 0 unspecified atom stereocenters. The number of anilines is 1. The number of nitrogens with one attached hydrogen (secondary N) is 2. The van der Waals surface area contributed by atoms with Crippen LogP contribution in [0, 0.1) is 5.92 Å². The van der Waals surface area contributed by atoms with E-state index in [-0.39, 0.29) is 11.6 Å². The molecular formula is C19H24N4O4. The lowest BCUT2D eigenvalue weighted by Gasteiger charge is -2.08. The van der Waals surface area contributed by atoms with Crippen LogP contribution in [-0.4, -0.2) is 41.2 Å². The van der Waals surface area contributed by atoms with E-state index < -0.39 is 11.9 Å². The third kappa shape index (κ3) is 5.16. The Morgan fingerprint density at radius 1 is 1.11 bits per heavy atom. The number of esters is 1. The maximum atomic E-state index is 12.5. The first-order valence-electron chi connectivity index (χ1n) is 8.71. The highest BCUT2D eigenvalue weighted by molar-refractivity contribution is 6.08. The Hall–Kier alpha value is -3.16. The SMILES string of the molecule is CCn1cc(NC(=O)c2ccc(C(=O)OC)cc2)c(C(=O)NCC(C)C)n1. The van der Waals surface area contributed by atoms with Crippen molar-refractivity contribution in [3.05, 3.63) is 47.3 Å². The van der Waals surface area contributed by atoms with Crippen molar-refractivity contribution >= 4 is 23.5 Å². The Morgan fingerprint density at radius 3 is 2.30 bits per heavy atom. The topological polar surface area (TPSA) is 102 Å². The molecule has 2 amide bonds. The maximum Gasteiger partial charge on any atom is 0.337 e. The van der Waals surface area contributed by atoms with Crippen LogP contribution in [0.2, 0.25) is 0 Å². The molecule has 0 aliphatic carbocycles. The second kappa shape index (κ2) is 8.98. The number of methoxy groups -OCH3 is 1. The smallest absolute Gasteiger partial charge is 0.337 e. The molecular weight excluding hydrogens is 348 g/mol. The van der Waals surface area contributed by atoms with E-state index in [1.54, 1.807) is 10.9 Å². The van der Waals surface area contributed by atoms with Gasteiger partial charge in [-0.1, -0.05) is 13.8 Å². The number of aromatic nitrogens is 2.